The Hall–Kier alpha value is -2.69. The quantitative estimate of drug-likeness (QED) is 0.732. The zero-order valence-electron chi connectivity index (χ0n) is 10.7. The van der Waals surface area contributed by atoms with E-state index >= 15 is 0 Å². The van der Waals surface area contributed by atoms with Crippen LogP contribution in [0.25, 0.3) is 11.2 Å². The third-order valence-corrected chi connectivity index (χ3v) is 3.65. The van der Waals surface area contributed by atoms with Crippen molar-refractivity contribution in [3.8, 4) is 0 Å². The van der Waals surface area contributed by atoms with Crippen molar-refractivity contribution in [3.63, 3.8) is 0 Å². The summed E-state index contributed by atoms with van der Waals surface area (Å²) in [5.74, 6) is -0.0149. The molecular formula is C15H12N4O. The first-order valence-electron chi connectivity index (χ1n) is 6.52. The number of fused-ring (bicyclic) bond motifs is 2. The van der Waals surface area contributed by atoms with Gasteiger partial charge in [-0.05, 0) is 24.1 Å². The maximum Gasteiger partial charge on any atom is 0.259 e. The van der Waals surface area contributed by atoms with Crippen molar-refractivity contribution in [2.24, 2.45) is 0 Å². The van der Waals surface area contributed by atoms with Gasteiger partial charge in [0.1, 0.15) is 0 Å². The lowest BCUT2D eigenvalue weighted by Crippen LogP contribution is -2.28. The molecular weight excluding hydrogens is 252 g/mol. The molecule has 1 aliphatic rings. The third kappa shape index (κ3) is 1.60. The molecule has 1 amide bonds. The van der Waals surface area contributed by atoms with E-state index in [0.29, 0.717) is 11.2 Å². The second kappa shape index (κ2) is 4.16. The van der Waals surface area contributed by atoms with Gasteiger partial charge in [-0.2, -0.15) is 0 Å². The number of anilines is 1. The number of hydrogen-bond acceptors (Lipinski definition) is 3. The van der Waals surface area contributed by atoms with E-state index in [2.05, 4.69) is 21.0 Å². The van der Waals surface area contributed by atoms with Crippen molar-refractivity contribution < 1.29 is 4.79 Å². The summed E-state index contributed by atoms with van der Waals surface area (Å²) in [5.41, 5.74) is 4.21. The van der Waals surface area contributed by atoms with Gasteiger partial charge in [0.15, 0.2) is 5.65 Å². The third-order valence-electron chi connectivity index (χ3n) is 3.65. The molecule has 4 rings (SSSR count). The Morgan fingerprint density at radius 1 is 1.25 bits per heavy atom. The number of pyridine rings is 1. The number of aromatic nitrogens is 3. The van der Waals surface area contributed by atoms with Crippen molar-refractivity contribution in [1.29, 1.82) is 0 Å². The van der Waals surface area contributed by atoms with Crippen molar-refractivity contribution >= 4 is 22.8 Å². The van der Waals surface area contributed by atoms with Gasteiger partial charge in [0.05, 0.1) is 17.4 Å². The van der Waals surface area contributed by atoms with Crippen molar-refractivity contribution in [2.45, 2.75) is 6.42 Å². The van der Waals surface area contributed by atoms with Gasteiger partial charge in [-0.1, -0.05) is 18.2 Å². The van der Waals surface area contributed by atoms with E-state index in [0.717, 1.165) is 24.2 Å². The highest BCUT2D eigenvalue weighted by Crippen LogP contribution is 2.28. The minimum Gasteiger partial charge on any atom is -0.343 e. The molecule has 3 aromatic rings. The van der Waals surface area contributed by atoms with Crippen LogP contribution in [-0.2, 0) is 6.42 Å². The van der Waals surface area contributed by atoms with Crippen LogP contribution >= 0.6 is 0 Å². The minimum absolute atomic E-state index is 0.0149. The second-order valence-corrected chi connectivity index (χ2v) is 4.83. The molecule has 0 bridgehead atoms. The van der Waals surface area contributed by atoms with Crippen molar-refractivity contribution in [1.82, 2.24) is 15.0 Å². The Labute approximate surface area is 115 Å². The monoisotopic (exact) mass is 264 g/mol. The molecule has 0 unspecified atom stereocenters. The Kier molecular flexibility index (Phi) is 2.32. The summed E-state index contributed by atoms with van der Waals surface area (Å²) in [5, 5.41) is 0. The van der Waals surface area contributed by atoms with Gasteiger partial charge in [0.2, 0.25) is 0 Å². The number of amides is 1. The number of benzene rings is 1. The molecule has 20 heavy (non-hydrogen) atoms. The fourth-order valence-electron chi connectivity index (χ4n) is 2.65. The first-order valence-corrected chi connectivity index (χ1v) is 6.52. The molecule has 2 aromatic heterocycles. The lowest BCUT2D eigenvalue weighted by atomic mass is 10.2. The van der Waals surface area contributed by atoms with Gasteiger partial charge >= 0.3 is 0 Å². The highest BCUT2D eigenvalue weighted by Gasteiger charge is 2.25. The maximum absolute atomic E-state index is 12.6. The summed E-state index contributed by atoms with van der Waals surface area (Å²) in [6.07, 6.45) is 4.07. The van der Waals surface area contributed by atoms with Gasteiger partial charge in [-0.25, -0.2) is 9.97 Å². The average molecular weight is 264 g/mol. The van der Waals surface area contributed by atoms with E-state index in [9.17, 15) is 4.79 Å². The number of carbonyl (C=O) groups excluding carboxylic acids is 1. The molecule has 98 valence electrons. The molecule has 3 heterocycles. The molecule has 0 atom stereocenters. The van der Waals surface area contributed by atoms with Gasteiger partial charge in [0.25, 0.3) is 5.91 Å². The molecule has 0 spiro atoms. The largest absolute Gasteiger partial charge is 0.343 e. The maximum atomic E-state index is 12.6. The molecule has 0 radical (unpaired) electrons. The van der Waals surface area contributed by atoms with E-state index in [4.69, 9.17) is 0 Å². The Morgan fingerprint density at radius 3 is 3.10 bits per heavy atom. The smallest absolute Gasteiger partial charge is 0.259 e. The van der Waals surface area contributed by atoms with Gasteiger partial charge < -0.3 is 9.88 Å². The van der Waals surface area contributed by atoms with Crippen LogP contribution in [0.15, 0.2) is 42.9 Å². The van der Waals surface area contributed by atoms with Crippen LogP contribution in [0.5, 0.6) is 0 Å². The van der Waals surface area contributed by atoms with E-state index in [1.54, 1.807) is 18.6 Å². The van der Waals surface area contributed by atoms with Crippen LogP contribution in [-0.4, -0.2) is 27.4 Å². The summed E-state index contributed by atoms with van der Waals surface area (Å²) < 4.78 is 0. The zero-order valence-corrected chi connectivity index (χ0v) is 10.7. The van der Waals surface area contributed by atoms with Gasteiger partial charge in [-0.3, -0.25) is 4.79 Å². The van der Waals surface area contributed by atoms with E-state index in [-0.39, 0.29) is 5.91 Å². The number of hydrogen-bond donors (Lipinski definition) is 1. The van der Waals surface area contributed by atoms with Crippen LogP contribution in [0.1, 0.15) is 15.9 Å². The molecule has 0 aliphatic carbocycles. The van der Waals surface area contributed by atoms with Gasteiger partial charge in [-0.15, -0.1) is 0 Å². The van der Waals surface area contributed by atoms with Crippen LogP contribution in [0.4, 0.5) is 5.69 Å². The number of carbonyl (C=O) groups is 1. The van der Waals surface area contributed by atoms with Crippen LogP contribution < -0.4 is 4.90 Å². The number of rotatable bonds is 1. The molecule has 5 heteroatoms. The first kappa shape index (κ1) is 11.2. The Bertz CT molecular complexity index is 808. The number of aromatic amines is 1. The summed E-state index contributed by atoms with van der Waals surface area (Å²) in [7, 11) is 0. The molecule has 0 saturated carbocycles. The van der Waals surface area contributed by atoms with E-state index in [1.807, 2.05) is 23.1 Å². The topological polar surface area (TPSA) is 61.9 Å². The van der Waals surface area contributed by atoms with Crippen molar-refractivity contribution in [3.05, 3.63) is 54.0 Å². The summed E-state index contributed by atoms with van der Waals surface area (Å²) in [6, 6.07) is 9.83. The summed E-state index contributed by atoms with van der Waals surface area (Å²) in [4.78, 5) is 25.7. The lowest BCUT2D eigenvalue weighted by molar-refractivity contribution is 0.0989. The summed E-state index contributed by atoms with van der Waals surface area (Å²) in [6.45, 7) is 0.721. The average Bonchev–Trinajstić information content (AvgIpc) is 3.12. The Balaban J connectivity index is 1.74. The fourth-order valence-corrected chi connectivity index (χ4v) is 2.65. The predicted octanol–water partition coefficient (Wildman–Crippen LogP) is 2.16. The van der Waals surface area contributed by atoms with Crippen LogP contribution in [0, 0.1) is 0 Å². The Morgan fingerprint density at radius 2 is 2.15 bits per heavy atom. The molecule has 1 aromatic carbocycles. The second-order valence-electron chi connectivity index (χ2n) is 4.83. The number of para-hydroxylation sites is 1. The molecule has 5 nitrogen and oxygen atoms in total. The fraction of sp³-hybridized carbons (Fsp3) is 0.133. The highest BCUT2D eigenvalue weighted by atomic mass is 16.2. The minimum atomic E-state index is -0.0149. The standard InChI is InChI=1S/C15H12N4O/c20-15(11-7-12-14(16-8-11)18-9-17-12)19-6-5-10-3-1-2-4-13(10)19/h1-4,7-9H,5-6H2,(H,16,17,18). The number of H-pyrrole nitrogens is 1. The number of nitrogens with zero attached hydrogens (tertiary/aromatic N) is 3. The molecule has 1 N–H and O–H groups in total. The predicted molar refractivity (Wildman–Crippen MR) is 75.7 cm³/mol. The molecule has 0 saturated heterocycles. The SMILES string of the molecule is O=C(c1cnc2nc[nH]c2c1)N1CCc2ccccc21. The zero-order chi connectivity index (χ0) is 13.5. The number of nitrogens with one attached hydrogen (secondary N) is 1. The lowest BCUT2D eigenvalue weighted by Gasteiger charge is -2.17. The first-order chi connectivity index (χ1) is 9.83. The van der Waals surface area contributed by atoms with Crippen LogP contribution in [0.2, 0.25) is 0 Å². The molecule has 0 fully saturated rings. The van der Waals surface area contributed by atoms with E-state index < -0.39 is 0 Å². The van der Waals surface area contributed by atoms with Gasteiger partial charge in [0, 0.05) is 18.4 Å². The van der Waals surface area contributed by atoms with Crippen molar-refractivity contribution in [2.75, 3.05) is 11.4 Å². The van der Waals surface area contributed by atoms with Crippen LogP contribution in [0.3, 0.4) is 0 Å². The molecule has 1 aliphatic heterocycles. The highest BCUT2D eigenvalue weighted by molar-refractivity contribution is 6.08. The normalized spacial score (nSPS) is 13.7. The van der Waals surface area contributed by atoms with E-state index in [1.165, 1.54) is 5.56 Å². The number of imidazole rings is 1. The summed E-state index contributed by atoms with van der Waals surface area (Å²) >= 11 is 0.